The molecular formula is C16H20N2O2. The molecule has 4 nitrogen and oxygen atoms in total. The van der Waals surface area contributed by atoms with Gasteiger partial charge in [0.05, 0.1) is 11.6 Å². The Morgan fingerprint density at radius 1 is 1.40 bits per heavy atom. The molecule has 3 rings (SSSR count). The van der Waals surface area contributed by atoms with Gasteiger partial charge in [0.2, 0.25) is 0 Å². The van der Waals surface area contributed by atoms with Gasteiger partial charge >= 0.3 is 0 Å². The normalized spacial score (nSPS) is 19.8. The summed E-state index contributed by atoms with van der Waals surface area (Å²) in [6, 6.07) is 7.55. The second kappa shape index (κ2) is 4.63. The van der Waals surface area contributed by atoms with Crippen molar-refractivity contribution < 1.29 is 9.90 Å². The monoisotopic (exact) mass is 272 g/mol. The summed E-state index contributed by atoms with van der Waals surface area (Å²) in [4.78, 5) is 17.6. The summed E-state index contributed by atoms with van der Waals surface area (Å²) < 4.78 is 0. The molecule has 0 aliphatic carbocycles. The van der Waals surface area contributed by atoms with Crippen LogP contribution in [0.25, 0.3) is 10.9 Å². The van der Waals surface area contributed by atoms with Crippen LogP contribution in [0.3, 0.4) is 0 Å². The van der Waals surface area contributed by atoms with Gasteiger partial charge in [-0.3, -0.25) is 4.79 Å². The van der Waals surface area contributed by atoms with E-state index < -0.39 is 5.60 Å². The minimum absolute atomic E-state index is 0.0118. The lowest BCUT2D eigenvalue weighted by Crippen LogP contribution is -2.48. The highest BCUT2D eigenvalue weighted by Crippen LogP contribution is 2.28. The summed E-state index contributed by atoms with van der Waals surface area (Å²) in [6.07, 6.45) is 3.68. The molecule has 20 heavy (non-hydrogen) atoms. The Hall–Kier alpha value is -1.81. The number of hydrogen-bond donors (Lipinski definition) is 2. The maximum Gasteiger partial charge on any atom is 0.254 e. The molecule has 1 amide bonds. The first kappa shape index (κ1) is 13.2. The minimum atomic E-state index is -0.857. The third-order valence-corrected chi connectivity index (χ3v) is 4.13. The largest absolute Gasteiger partial charge is 0.388 e. The average Bonchev–Trinajstić information content (AvgIpc) is 3.05. The first-order chi connectivity index (χ1) is 9.47. The molecule has 2 heterocycles. The summed E-state index contributed by atoms with van der Waals surface area (Å²) in [7, 11) is 0. The number of H-pyrrole nitrogens is 1. The van der Waals surface area contributed by atoms with E-state index >= 15 is 0 Å². The van der Waals surface area contributed by atoms with Gasteiger partial charge in [0.25, 0.3) is 5.91 Å². The summed E-state index contributed by atoms with van der Waals surface area (Å²) in [5.74, 6) is 0.0118. The van der Waals surface area contributed by atoms with E-state index in [9.17, 15) is 9.90 Å². The first-order valence-electron chi connectivity index (χ1n) is 7.07. The molecule has 0 saturated carbocycles. The molecular weight excluding hydrogens is 252 g/mol. The number of benzene rings is 1. The molecule has 0 bridgehead atoms. The van der Waals surface area contributed by atoms with Gasteiger partial charge < -0.3 is 15.0 Å². The predicted octanol–water partition coefficient (Wildman–Crippen LogP) is 2.54. The van der Waals surface area contributed by atoms with Gasteiger partial charge in [-0.25, -0.2) is 0 Å². The minimum Gasteiger partial charge on any atom is -0.388 e. The van der Waals surface area contributed by atoms with Crippen LogP contribution in [0.1, 0.15) is 37.0 Å². The molecule has 0 spiro atoms. The van der Waals surface area contributed by atoms with E-state index in [0.29, 0.717) is 5.56 Å². The molecule has 0 radical (unpaired) electrons. The quantitative estimate of drug-likeness (QED) is 0.882. The van der Waals surface area contributed by atoms with E-state index in [1.165, 1.54) is 0 Å². The third kappa shape index (κ3) is 2.20. The van der Waals surface area contributed by atoms with Crippen molar-refractivity contribution >= 4 is 16.8 Å². The Morgan fingerprint density at radius 3 is 2.95 bits per heavy atom. The lowest BCUT2D eigenvalue weighted by molar-refractivity contribution is 0.000343. The number of aliphatic hydroxyl groups is 1. The van der Waals surface area contributed by atoms with Gasteiger partial charge in [-0.05, 0) is 51.0 Å². The Balaban J connectivity index is 1.91. The van der Waals surface area contributed by atoms with Crippen LogP contribution in [-0.4, -0.2) is 39.1 Å². The molecule has 1 unspecified atom stereocenters. The Morgan fingerprint density at radius 2 is 2.20 bits per heavy atom. The van der Waals surface area contributed by atoms with Crippen molar-refractivity contribution in [3.8, 4) is 0 Å². The number of aromatic nitrogens is 1. The Kier molecular flexibility index (Phi) is 3.05. The van der Waals surface area contributed by atoms with Crippen LogP contribution in [0.4, 0.5) is 0 Å². The molecule has 106 valence electrons. The van der Waals surface area contributed by atoms with Crippen LogP contribution in [0.15, 0.2) is 30.5 Å². The van der Waals surface area contributed by atoms with Gasteiger partial charge in [0.1, 0.15) is 0 Å². The summed E-state index contributed by atoms with van der Waals surface area (Å²) >= 11 is 0. The van der Waals surface area contributed by atoms with Crippen molar-refractivity contribution in [3.05, 3.63) is 36.0 Å². The third-order valence-electron chi connectivity index (χ3n) is 4.13. The van der Waals surface area contributed by atoms with Crippen molar-refractivity contribution in [3.63, 3.8) is 0 Å². The van der Waals surface area contributed by atoms with E-state index in [4.69, 9.17) is 0 Å². The number of carbonyl (C=O) groups excluding carboxylic acids is 1. The average molecular weight is 272 g/mol. The molecule has 2 N–H and O–H groups in total. The number of amides is 1. The predicted molar refractivity (Wildman–Crippen MR) is 78.7 cm³/mol. The molecule has 1 aromatic heterocycles. The van der Waals surface area contributed by atoms with Crippen molar-refractivity contribution in [1.29, 1.82) is 0 Å². The van der Waals surface area contributed by atoms with E-state index in [2.05, 4.69) is 4.98 Å². The van der Waals surface area contributed by atoms with Crippen molar-refractivity contribution in [2.75, 3.05) is 6.54 Å². The highest BCUT2D eigenvalue weighted by molar-refractivity contribution is 5.98. The smallest absolute Gasteiger partial charge is 0.254 e. The van der Waals surface area contributed by atoms with Crippen LogP contribution >= 0.6 is 0 Å². The van der Waals surface area contributed by atoms with Gasteiger partial charge in [-0.15, -0.1) is 0 Å². The molecule has 1 aliphatic rings. The second-order valence-electron chi connectivity index (χ2n) is 6.09. The number of hydrogen-bond acceptors (Lipinski definition) is 2. The van der Waals surface area contributed by atoms with Gasteiger partial charge in [0, 0.05) is 29.2 Å². The molecule has 1 fully saturated rings. The Labute approximate surface area is 118 Å². The lowest BCUT2D eigenvalue weighted by Gasteiger charge is -2.33. The van der Waals surface area contributed by atoms with Gasteiger partial charge in [-0.2, -0.15) is 0 Å². The molecule has 2 aromatic rings. The first-order valence-corrected chi connectivity index (χ1v) is 7.07. The number of nitrogens with one attached hydrogen (secondary N) is 1. The maximum absolute atomic E-state index is 12.7. The van der Waals surface area contributed by atoms with Crippen LogP contribution in [0, 0.1) is 0 Å². The fourth-order valence-electron chi connectivity index (χ4n) is 3.10. The van der Waals surface area contributed by atoms with E-state index in [0.717, 1.165) is 30.3 Å². The topological polar surface area (TPSA) is 56.3 Å². The van der Waals surface area contributed by atoms with E-state index in [1.807, 2.05) is 35.4 Å². The fourth-order valence-corrected chi connectivity index (χ4v) is 3.10. The van der Waals surface area contributed by atoms with Crippen LogP contribution in [-0.2, 0) is 0 Å². The summed E-state index contributed by atoms with van der Waals surface area (Å²) in [6.45, 7) is 4.27. The van der Waals surface area contributed by atoms with Gasteiger partial charge in [-0.1, -0.05) is 0 Å². The van der Waals surface area contributed by atoms with Crippen molar-refractivity contribution in [2.24, 2.45) is 0 Å². The van der Waals surface area contributed by atoms with Crippen molar-refractivity contribution in [1.82, 2.24) is 9.88 Å². The molecule has 1 aliphatic heterocycles. The molecule has 4 heteroatoms. The standard InChI is InChI=1S/C16H20N2O2/c1-16(2,20)14-4-3-9-18(14)15(19)12-5-6-13-11(10-12)7-8-17-13/h5-8,10,14,17,20H,3-4,9H2,1-2H3. The zero-order valence-electron chi connectivity index (χ0n) is 11.9. The van der Waals surface area contributed by atoms with Crippen LogP contribution < -0.4 is 0 Å². The number of likely N-dealkylation sites (tertiary alicyclic amines) is 1. The highest BCUT2D eigenvalue weighted by Gasteiger charge is 2.38. The number of carbonyl (C=O) groups is 1. The van der Waals surface area contributed by atoms with E-state index in [-0.39, 0.29) is 11.9 Å². The highest BCUT2D eigenvalue weighted by atomic mass is 16.3. The summed E-state index contributed by atoms with van der Waals surface area (Å²) in [5, 5.41) is 11.3. The molecule has 1 atom stereocenters. The SMILES string of the molecule is CC(C)(O)C1CCCN1C(=O)c1ccc2[nH]ccc2c1. The number of rotatable bonds is 2. The number of aromatic amines is 1. The Bertz CT molecular complexity index is 639. The van der Waals surface area contributed by atoms with Crippen molar-refractivity contribution in [2.45, 2.75) is 38.3 Å². The fraction of sp³-hybridized carbons (Fsp3) is 0.438. The number of fused-ring (bicyclic) bond motifs is 1. The summed E-state index contributed by atoms with van der Waals surface area (Å²) in [5.41, 5.74) is 0.861. The molecule has 1 saturated heterocycles. The van der Waals surface area contributed by atoms with Gasteiger partial charge in [0.15, 0.2) is 0 Å². The second-order valence-corrected chi connectivity index (χ2v) is 6.09. The lowest BCUT2D eigenvalue weighted by atomic mass is 9.96. The molecule has 1 aromatic carbocycles. The maximum atomic E-state index is 12.7. The zero-order chi connectivity index (χ0) is 14.3. The van der Waals surface area contributed by atoms with E-state index in [1.54, 1.807) is 13.8 Å². The van der Waals surface area contributed by atoms with Crippen LogP contribution in [0.5, 0.6) is 0 Å². The number of nitrogens with zero attached hydrogens (tertiary/aromatic N) is 1. The van der Waals surface area contributed by atoms with Crippen LogP contribution in [0.2, 0.25) is 0 Å². The zero-order valence-corrected chi connectivity index (χ0v) is 11.9.